The van der Waals surface area contributed by atoms with Gasteiger partial charge in [-0.05, 0) is 41.2 Å². The highest BCUT2D eigenvalue weighted by Crippen LogP contribution is 2.59. The molecule has 0 aromatic carbocycles. The van der Waals surface area contributed by atoms with Gasteiger partial charge in [-0.15, -0.1) is 0 Å². The largest absolute Gasteiger partial charge is 0.464 e. The Kier molecular flexibility index (Phi) is 4.91. The average Bonchev–Trinajstić information content (AvgIpc) is 2.75. The number of ketones is 1. The van der Waals surface area contributed by atoms with Crippen LogP contribution in [0.3, 0.4) is 0 Å². The van der Waals surface area contributed by atoms with E-state index in [2.05, 4.69) is 50.5 Å². The third-order valence-electron chi connectivity index (χ3n) is 5.65. The number of hydrogen-bond acceptors (Lipinski definition) is 3. The quantitative estimate of drug-likeness (QED) is 0.547. The Labute approximate surface area is 142 Å². The van der Waals surface area contributed by atoms with Gasteiger partial charge in [0.2, 0.25) is 0 Å². The molecule has 3 nitrogen and oxygen atoms in total. The molecule has 1 fully saturated rings. The zero-order valence-electron chi connectivity index (χ0n) is 14.3. The molecule has 2 rings (SSSR count). The maximum absolute atomic E-state index is 12.8. The molecule has 0 aromatic rings. The summed E-state index contributed by atoms with van der Waals surface area (Å²) >= 11 is 3.29. The van der Waals surface area contributed by atoms with E-state index in [9.17, 15) is 9.59 Å². The van der Waals surface area contributed by atoms with Crippen LogP contribution in [0.15, 0.2) is 11.1 Å². The standard InChI is InChI=1S/C18H27BrO3/c1-11(2)14-13(20)10-18(16(21)22-9-8-19)7-6-17(4,5)12(3)15(14)18/h11-12H,6-10H2,1-5H3/t12?,18-/m1/s1. The van der Waals surface area contributed by atoms with Crippen molar-refractivity contribution >= 4 is 27.7 Å². The second-order valence-corrected chi connectivity index (χ2v) is 8.49. The minimum Gasteiger partial charge on any atom is -0.464 e. The zero-order chi connectivity index (χ0) is 16.7. The summed E-state index contributed by atoms with van der Waals surface area (Å²) in [5, 5.41) is 0.625. The van der Waals surface area contributed by atoms with Crippen LogP contribution in [0.25, 0.3) is 0 Å². The molecule has 0 bridgehead atoms. The molecule has 0 spiro atoms. The fourth-order valence-corrected chi connectivity index (χ4v) is 4.23. The number of alkyl halides is 1. The molecule has 0 aromatic heterocycles. The van der Waals surface area contributed by atoms with Crippen molar-refractivity contribution in [3.8, 4) is 0 Å². The number of rotatable bonds is 4. The fourth-order valence-electron chi connectivity index (χ4n) is 4.07. The van der Waals surface area contributed by atoms with Crippen LogP contribution in [0.4, 0.5) is 0 Å². The molecule has 22 heavy (non-hydrogen) atoms. The summed E-state index contributed by atoms with van der Waals surface area (Å²) in [5.41, 5.74) is 1.37. The molecule has 0 heterocycles. The highest BCUT2D eigenvalue weighted by molar-refractivity contribution is 9.09. The number of allylic oxidation sites excluding steroid dienone is 1. The normalized spacial score (nSPS) is 30.7. The Morgan fingerprint density at radius 2 is 2.00 bits per heavy atom. The highest BCUT2D eigenvalue weighted by Gasteiger charge is 2.58. The van der Waals surface area contributed by atoms with Crippen LogP contribution in [-0.2, 0) is 14.3 Å². The van der Waals surface area contributed by atoms with E-state index in [1.807, 2.05) is 0 Å². The topological polar surface area (TPSA) is 43.4 Å². The maximum Gasteiger partial charge on any atom is 0.316 e. The van der Waals surface area contributed by atoms with Gasteiger partial charge in [0, 0.05) is 11.8 Å². The van der Waals surface area contributed by atoms with Gasteiger partial charge in [0.15, 0.2) is 5.78 Å². The molecular formula is C18H27BrO3. The summed E-state index contributed by atoms with van der Waals surface area (Å²) in [6.45, 7) is 11.1. The maximum atomic E-state index is 12.8. The Morgan fingerprint density at radius 3 is 2.55 bits per heavy atom. The number of carbonyl (C=O) groups is 2. The molecular weight excluding hydrogens is 344 g/mol. The minimum atomic E-state index is -0.701. The van der Waals surface area contributed by atoms with Crippen molar-refractivity contribution in [1.29, 1.82) is 0 Å². The van der Waals surface area contributed by atoms with Gasteiger partial charge in [0.1, 0.15) is 6.61 Å². The summed E-state index contributed by atoms with van der Waals surface area (Å²) in [4.78, 5) is 25.4. The highest BCUT2D eigenvalue weighted by atomic mass is 79.9. The molecule has 2 aliphatic rings. The first kappa shape index (κ1) is 17.7. The van der Waals surface area contributed by atoms with Gasteiger partial charge >= 0.3 is 5.97 Å². The molecule has 0 aliphatic heterocycles. The van der Waals surface area contributed by atoms with E-state index in [1.54, 1.807) is 0 Å². The van der Waals surface area contributed by atoms with Crippen LogP contribution in [-0.4, -0.2) is 23.7 Å². The Hall–Kier alpha value is -0.640. The van der Waals surface area contributed by atoms with Gasteiger partial charge in [-0.25, -0.2) is 0 Å². The van der Waals surface area contributed by atoms with Crippen molar-refractivity contribution in [3.63, 3.8) is 0 Å². The van der Waals surface area contributed by atoms with E-state index in [0.29, 0.717) is 18.4 Å². The van der Waals surface area contributed by atoms with Crippen molar-refractivity contribution in [2.75, 3.05) is 11.9 Å². The molecule has 0 radical (unpaired) electrons. The van der Waals surface area contributed by atoms with Crippen molar-refractivity contribution in [2.24, 2.45) is 22.7 Å². The van der Waals surface area contributed by atoms with Crippen molar-refractivity contribution < 1.29 is 14.3 Å². The lowest BCUT2D eigenvalue weighted by Gasteiger charge is -2.46. The third kappa shape index (κ3) is 2.68. The van der Waals surface area contributed by atoms with Crippen LogP contribution in [0, 0.1) is 22.7 Å². The van der Waals surface area contributed by atoms with E-state index in [1.165, 1.54) is 0 Å². The summed E-state index contributed by atoms with van der Waals surface area (Å²) in [7, 11) is 0. The molecule has 4 heteroatoms. The molecule has 124 valence electrons. The van der Waals surface area contributed by atoms with Gasteiger partial charge in [-0.3, -0.25) is 9.59 Å². The van der Waals surface area contributed by atoms with E-state index in [4.69, 9.17) is 4.74 Å². The summed E-state index contributed by atoms with van der Waals surface area (Å²) < 4.78 is 5.46. The molecule has 0 amide bonds. The Balaban J connectivity index is 2.53. The number of halogens is 1. The first-order valence-electron chi connectivity index (χ1n) is 8.18. The minimum absolute atomic E-state index is 0.110. The molecule has 0 saturated heterocycles. The number of fused-ring (bicyclic) bond motifs is 1. The Bertz CT molecular complexity index is 518. The van der Waals surface area contributed by atoms with E-state index in [0.717, 1.165) is 24.0 Å². The lowest BCUT2D eigenvalue weighted by atomic mass is 9.57. The van der Waals surface area contributed by atoms with E-state index >= 15 is 0 Å². The van der Waals surface area contributed by atoms with Crippen LogP contribution >= 0.6 is 15.9 Å². The molecule has 2 aliphatic carbocycles. The summed E-state index contributed by atoms with van der Waals surface area (Å²) in [5.74, 6) is 0.324. The second kappa shape index (κ2) is 6.10. The lowest BCUT2D eigenvalue weighted by molar-refractivity contribution is -0.156. The predicted molar refractivity (Wildman–Crippen MR) is 90.9 cm³/mol. The van der Waals surface area contributed by atoms with Crippen molar-refractivity contribution in [1.82, 2.24) is 0 Å². The molecule has 1 saturated carbocycles. The second-order valence-electron chi connectivity index (χ2n) is 7.70. The average molecular weight is 371 g/mol. The number of carbonyl (C=O) groups excluding carboxylic acids is 2. The van der Waals surface area contributed by atoms with Gasteiger partial charge in [-0.1, -0.05) is 50.5 Å². The van der Waals surface area contributed by atoms with Gasteiger partial charge in [0.05, 0.1) is 5.41 Å². The number of Topliss-reactive ketones (excluding diaryl/α,β-unsaturated/α-hetero) is 1. The number of ether oxygens (including phenoxy) is 1. The van der Waals surface area contributed by atoms with Gasteiger partial charge in [0.25, 0.3) is 0 Å². The first-order chi connectivity index (χ1) is 10.2. The fraction of sp³-hybridized carbons (Fsp3) is 0.778. The van der Waals surface area contributed by atoms with Gasteiger partial charge < -0.3 is 4.74 Å². The molecule has 2 atom stereocenters. The van der Waals surface area contributed by atoms with Crippen LogP contribution in [0.5, 0.6) is 0 Å². The summed E-state index contributed by atoms with van der Waals surface area (Å²) in [6, 6.07) is 0. The smallest absolute Gasteiger partial charge is 0.316 e. The van der Waals surface area contributed by atoms with Crippen molar-refractivity contribution in [2.45, 2.75) is 53.9 Å². The SMILES string of the molecule is CC(C)C1=C2C(C)C(C)(C)CC[C@@]2(C(=O)OCCBr)CC1=O. The zero-order valence-corrected chi connectivity index (χ0v) is 15.9. The van der Waals surface area contributed by atoms with Crippen molar-refractivity contribution in [3.05, 3.63) is 11.1 Å². The monoisotopic (exact) mass is 370 g/mol. The van der Waals surface area contributed by atoms with Crippen LogP contribution in [0.2, 0.25) is 0 Å². The summed E-state index contributed by atoms with van der Waals surface area (Å²) in [6.07, 6.45) is 1.97. The van der Waals surface area contributed by atoms with E-state index in [-0.39, 0.29) is 29.0 Å². The third-order valence-corrected chi connectivity index (χ3v) is 5.97. The molecule has 0 N–H and O–H groups in total. The molecule has 1 unspecified atom stereocenters. The number of hydrogen-bond donors (Lipinski definition) is 0. The van der Waals surface area contributed by atoms with Crippen LogP contribution < -0.4 is 0 Å². The van der Waals surface area contributed by atoms with E-state index < -0.39 is 5.41 Å². The van der Waals surface area contributed by atoms with Gasteiger partial charge in [-0.2, -0.15) is 0 Å². The Morgan fingerprint density at radius 1 is 1.36 bits per heavy atom. The first-order valence-corrected chi connectivity index (χ1v) is 9.30. The van der Waals surface area contributed by atoms with Crippen LogP contribution in [0.1, 0.15) is 53.9 Å². The number of esters is 1. The predicted octanol–water partition coefficient (Wildman–Crippen LogP) is 4.29. The lowest BCUT2D eigenvalue weighted by Crippen LogP contribution is -2.44.